The second-order valence-corrected chi connectivity index (χ2v) is 13.6. The summed E-state index contributed by atoms with van der Waals surface area (Å²) in [5.74, 6) is -0.741. The second-order valence-electron chi connectivity index (χ2n) is 11.0. The highest BCUT2D eigenvalue weighted by molar-refractivity contribution is 8.00. The summed E-state index contributed by atoms with van der Waals surface area (Å²) in [6, 6.07) is 17.7. The number of aromatic nitrogens is 4. The molecule has 0 radical (unpaired) electrons. The average Bonchev–Trinajstić information content (AvgIpc) is 3.74. The fourth-order valence-corrected chi connectivity index (χ4v) is 7.37. The van der Waals surface area contributed by atoms with E-state index in [-0.39, 0.29) is 22.2 Å². The van der Waals surface area contributed by atoms with Gasteiger partial charge in [-0.1, -0.05) is 84.8 Å². The SMILES string of the molecule is CCCCCOc1cccc(C2/C(=C(\O)c3nc4c(C)cccn4c3C)C(=O)C(=O)N2c2nnc(SCc3ccc(Cl)cc3)s2)c1. The van der Waals surface area contributed by atoms with Gasteiger partial charge in [0.2, 0.25) is 5.13 Å². The highest BCUT2D eigenvalue weighted by Gasteiger charge is 2.49. The maximum atomic E-state index is 13.8. The predicted octanol–water partition coefficient (Wildman–Crippen LogP) is 7.94. The largest absolute Gasteiger partial charge is 0.505 e. The number of ketones is 1. The van der Waals surface area contributed by atoms with Crippen LogP contribution in [-0.2, 0) is 15.3 Å². The minimum atomic E-state index is -0.980. The van der Waals surface area contributed by atoms with E-state index >= 15 is 0 Å². The molecule has 1 saturated heterocycles. The molecule has 1 atom stereocenters. The van der Waals surface area contributed by atoms with Crippen LogP contribution in [0, 0.1) is 13.8 Å². The van der Waals surface area contributed by atoms with Crippen molar-refractivity contribution in [2.75, 3.05) is 11.5 Å². The average molecular weight is 674 g/mol. The summed E-state index contributed by atoms with van der Waals surface area (Å²) in [6.45, 7) is 6.42. The van der Waals surface area contributed by atoms with Gasteiger partial charge in [-0.3, -0.25) is 14.5 Å². The van der Waals surface area contributed by atoms with E-state index in [1.807, 2.05) is 79.0 Å². The number of pyridine rings is 1. The lowest BCUT2D eigenvalue weighted by atomic mass is 9.96. The molecule has 1 amide bonds. The molecule has 1 aliphatic rings. The molecule has 236 valence electrons. The first-order valence-corrected chi connectivity index (χ1v) is 17.1. The maximum absolute atomic E-state index is 13.8. The molecule has 0 spiro atoms. The number of thioether (sulfide) groups is 1. The number of imidazole rings is 1. The van der Waals surface area contributed by atoms with Crippen LogP contribution in [0.4, 0.5) is 5.13 Å². The van der Waals surface area contributed by atoms with Crippen molar-refractivity contribution in [3.63, 3.8) is 0 Å². The molecule has 3 aromatic heterocycles. The van der Waals surface area contributed by atoms with Crippen LogP contribution in [0.1, 0.15) is 60.3 Å². The number of hydrogen-bond donors (Lipinski definition) is 1. The van der Waals surface area contributed by atoms with E-state index < -0.39 is 17.7 Å². The van der Waals surface area contributed by atoms with Crippen molar-refractivity contribution in [3.8, 4) is 5.75 Å². The summed E-state index contributed by atoms with van der Waals surface area (Å²) in [6.07, 6.45) is 4.88. The van der Waals surface area contributed by atoms with Crippen LogP contribution in [0.3, 0.4) is 0 Å². The van der Waals surface area contributed by atoms with E-state index in [1.54, 1.807) is 6.07 Å². The van der Waals surface area contributed by atoms with Gasteiger partial charge in [-0.2, -0.15) is 0 Å². The number of carbonyl (C=O) groups excluding carboxylic acids is 2. The lowest BCUT2D eigenvalue weighted by molar-refractivity contribution is -0.132. The summed E-state index contributed by atoms with van der Waals surface area (Å²) in [4.78, 5) is 33.6. The maximum Gasteiger partial charge on any atom is 0.301 e. The molecule has 6 rings (SSSR count). The number of aryl methyl sites for hydroxylation is 2. The third-order valence-electron chi connectivity index (χ3n) is 7.82. The number of fused-ring (bicyclic) bond motifs is 1. The van der Waals surface area contributed by atoms with Gasteiger partial charge in [-0.25, -0.2) is 4.98 Å². The quantitative estimate of drug-likeness (QED) is 0.0376. The molecule has 0 aliphatic carbocycles. The van der Waals surface area contributed by atoms with Gasteiger partial charge in [-0.05, 0) is 67.3 Å². The lowest BCUT2D eigenvalue weighted by Crippen LogP contribution is -2.29. The first kappa shape index (κ1) is 31.8. The van der Waals surface area contributed by atoms with Crippen LogP contribution in [0.25, 0.3) is 11.4 Å². The first-order chi connectivity index (χ1) is 22.3. The third kappa shape index (κ3) is 6.27. The molecule has 12 heteroatoms. The topological polar surface area (TPSA) is 110 Å². The summed E-state index contributed by atoms with van der Waals surface area (Å²) < 4.78 is 8.51. The smallest absolute Gasteiger partial charge is 0.301 e. The van der Waals surface area contributed by atoms with Crippen molar-refractivity contribution in [3.05, 3.63) is 106 Å². The Bertz CT molecular complexity index is 1950. The number of benzene rings is 2. The van der Waals surface area contributed by atoms with Crippen LogP contribution < -0.4 is 9.64 Å². The van der Waals surface area contributed by atoms with Gasteiger partial charge in [0.1, 0.15) is 17.1 Å². The standard InChI is InChI=1S/C34H32ClN5O4S2/c1-4-5-6-17-44-25-11-7-10-23(18-25)28-26(29(41)27-21(3)39-16-8-9-20(2)31(39)36-27)30(42)32(43)40(28)33-37-38-34(46-33)45-19-22-12-14-24(35)15-13-22/h7-16,18,28,41H,4-6,17,19H2,1-3H3/b29-26+. The minimum absolute atomic E-state index is 0.0668. The van der Waals surface area contributed by atoms with E-state index in [1.165, 1.54) is 28.0 Å². The Morgan fingerprint density at radius 3 is 2.63 bits per heavy atom. The Morgan fingerprint density at radius 1 is 1.07 bits per heavy atom. The molecular weight excluding hydrogens is 642 g/mol. The minimum Gasteiger partial charge on any atom is -0.505 e. The van der Waals surface area contributed by atoms with Gasteiger partial charge in [0.05, 0.1) is 23.9 Å². The molecular formula is C34H32ClN5O4S2. The van der Waals surface area contributed by atoms with Gasteiger partial charge < -0.3 is 14.2 Å². The molecule has 0 bridgehead atoms. The third-order valence-corrected chi connectivity index (χ3v) is 10.2. The summed E-state index contributed by atoms with van der Waals surface area (Å²) in [5.41, 5.74) is 4.03. The molecule has 4 heterocycles. The van der Waals surface area contributed by atoms with E-state index in [0.717, 1.165) is 30.4 Å². The van der Waals surface area contributed by atoms with Gasteiger partial charge >= 0.3 is 5.91 Å². The van der Waals surface area contributed by atoms with Crippen molar-refractivity contribution in [2.45, 2.75) is 56.2 Å². The fourth-order valence-electron chi connectivity index (χ4n) is 5.42. The van der Waals surface area contributed by atoms with E-state index in [9.17, 15) is 14.7 Å². The zero-order valence-electron chi connectivity index (χ0n) is 25.6. The van der Waals surface area contributed by atoms with Gasteiger partial charge in [0.15, 0.2) is 10.1 Å². The number of unbranched alkanes of at least 4 members (excludes halogenated alkanes) is 2. The first-order valence-electron chi connectivity index (χ1n) is 15.0. The molecule has 2 aromatic carbocycles. The van der Waals surface area contributed by atoms with Gasteiger partial charge in [0.25, 0.3) is 5.78 Å². The Balaban J connectivity index is 1.41. The van der Waals surface area contributed by atoms with E-state index in [0.29, 0.717) is 44.4 Å². The number of ether oxygens (including phenoxy) is 1. The number of anilines is 1. The second kappa shape index (κ2) is 13.7. The Kier molecular flexibility index (Phi) is 9.44. The highest BCUT2D eigenvalue weighted by atomic mass is 35.5. The van der Waals surface area contributed by atoms with Gasteiger partial charge in [-0.15, -0.1) is 10.2 Å². The number of hydrogen-bond acceptors (Lipinski definition) is 9. The number of aliphatic hydroxyl groups excluding tert-OH is 1. The van der Waals surface area contributed by atoms with E-state index in [4.69, 9.17) is 21.3 Å². The Hall–Kier alpha value is -4.19. The molecule has 5 aromatic rings. The number of amides is 1. The molecule has 9 nitrogen and oxygen atoms in total. The van der Waals surface area contributed by atoms with Crippen LogP contribution in [-0.4, -0.2) is 43.0 Å². The lowest BCUT2D eigenvalue weighted by Gasteiger charge is -2.23. The summed E-state index contributed by atoms with van der Waals surface area (Å²) in [7, 11) is 0. The number of aliphatic hydroxyl groups is 1. The summed E-state index contributed by atoms with van der Waals surface area (Å²) in [5, 5.41) is 21.4. The molecule has 46 heavy (non-hydrogen) atoms. The highest BCUT2D eigenvalue weighted by Crippen LogP contribution is 2.45. The molecule has 1 aliphatic heterocycles. The van der Waals surface area contributed by atoms with Crippen LogP contribution in [0.5, 0.6) is 5.75 Å². The molecule has 1 N–H and O–H groups in total. The molecule has 1 unspecified atom stereocenters. The van der Waals surface area contributed by atoms with Crippen molar-refractivity contribution in [1.29, 1.82) is 0 Å². The monoisotopic (exact) mass is 673 g/mol. The summed E-state index contributed by atoms with van der Waals surface area (Å²) >= 11 is 8.70. The zero-order chi connectivity index (χ0) is 32.4. The molecule has 0 saturated carbocycles. The predicted molar refractivity (Wildman–Crippen MR) is 182 cm³/mol. The van der Waals surface area contributed by atoms with Crippen LogP contribution in [0.15, 0.2) is 76.8 Å². The van der Waals surface area contributed by atoms with Crippen molar-refractivity contribution < 1.29 is 19.4 Å². The number of carbonyl (C=O) groups is 2. The number of halogens is 1. The van der Waals surface area contributed by atoms with Crippen LogP contribution >= 0.6 is 34.7 Å². The number of rotatable bonds is 11. The normalized spacial score (nSPS) is 16.1. The van der Waals surface area contributed by atoms with E-state index in [2.05, 4.69) is 17.1 Å². The fraction of sp³-hybridized carbons (Fsp3) is 0.265. The van der Waals surface area contributed by atoms with Crippen molar-refractivity contribution in [1.82, 2.24) is 19.6 Å². The van der Waals surface area contributed by atoms with Crippen LogP contribution in [0.2, 0.25) is 5.02 Å². The molecule has 1 fully saturated rings. The zero-order valence-corrected chi connectivity index (χ0v) is 28.0. The number of Topliss-reactive ketones (excluding diaryl/α,β-unsaturated/α-hetero) is 1. The van der Waals surface area contributed by atoms with Crippen molar-refractivity contribution in [2.24, 2.45) is 0 Å². The van der Waals surface area contributed by atoms with Gasteiger partial charge in [0, 0.05) is 17.0 Å². The van der Waals surface area contributed by atoms with Crippen molar-refractivity contribution >= 4 is 62.9 Å². The number of nitrogens with zero attached hydrogens (tertiary/aromatic N) is 5. The Labute approximate surface area is 279 Å². The Morgan fingerprint density at radius 2 is 1.87 bits per heavy atom.